The van der Waals surface area contributed by atoms with Crippen LogP contribution in [0, 0.1) is 6.92 Å². The van der Waals surface area contributed by atoms with E-state index in [1.807, 2.05) is 11.3 Å². The fourth-order valence-electron chi connectivity index (χ4n) is 3.01. The molecule has 1 nitrogen and oxygen atoms in total. The first-order chi connectivity index (χ1) is 9.17. The molecule has 0 aliphatic heterocycles. The van der Waals surface area contributed by atoms with Crippen molar-refractivity contribution in [2.45, 2.75) is 31.2 Å². The lowest BCUT2D eigenvalue weighted by atomic mass is 9.87. The van der Waals surface area contributed by atoms with Crippen molar-refractivity contribution in [2.75, 3.05) is 7.05 Å². The van der Waals surface area contributed by atoms with Crippen molar-refractivity contribution in [3.63, 3.8) is 0 Å². The minimum absolute atomic E-state index is 0.288. The lowest BCUT2D eigenvalue weighted by Gasteiger charge is -2.27. The van der Waals surface area contributed by atoms with E-state index in [0.29, 0.717) is 6.04 Å². The highest BCUT2D eigenvalue weighted by molar-refractivity contribution is 9.10. The number of benzene rings is 1. The minimum Gasteiger partial charge on any atom is -0.312 e. The van der Waals surface area contributed by atoms with Crippen molar-refractivity contribution < 1.29 is 0 Å². The minimum atomic E-state index is 0.288. The molecule has 1 aliphatic rings. The van der Waals surface area contributed by atoms with Gasteiger partial charge in [0.1, 0.15) is 0 Å². The normalized spacial score (nSPS) is 18.3. The van der Waals surface area contributed by atoms with Crippen LogP contribution in [-0.2, 0) is 5.41 Å². The van der Waals surface area contributed by atoms with E-state index in [2.05, 4.69) is 71.6 Å². The SMILES string of the molecule is CNC(c1sc(C)cc1Br)C1(c2ccccc2)CC1. The molecule has 3 rings (SSSR count). The van der Waals surface area contributed by atoms with E-state index >= 15 is 0 Å². The van der Waals surface area contributed by atoms with Gasteiger partial charge in [-0.15, -0.1) is 11.3 Å². The Labute approximate surface area is 127 Å². The molecule has 0 radical (unpaired) electrons. The molecule has 0 spiro atoms. The van der Waals surface area contributed by atoms with Crippen molar-refractivity contribution in [3.05, 3.63) is 56.2 Å². The zero-order valence-electron chi connectivity index (χ0n) is 11.2. The van der Waals surface area contributed by atoms with Gasteiger partial charge in [-0.2, -0.15) is 0 Å². The van der Waals surface area contributed by atoms with Gasteiger partial charge in [-0.25, -0.2) is 0 Å². The number of thiophene rings is 1. The monoisotopic (exact) mass is 335 g/mol. The second-order valence-electron chi connectivity index (χ2n) is 5.31. The predicted octanol–water partition coefficient (Wildman–Crippen LogP) is 4.81. The highest BCUT2D eigenvalue weighted by atomic mass is 79.9. The zero-order chi connectivity index (χ0) is 13.5. The molecule has 0 amide bonds. The number of likely N-dealkylation sites (N-methyl/N-ethyl adjacent to an activating group) is 1. The highest BCUT2D eigenvalue weighted by Gasteiger charge is 2.51. The summed E-state index contributed by atoms with van der Waals surface area (Å²) in [6.45, 7) is 2.17. The fraction of sp³-hybridized carbons (Fsp3) is 0.375. The summed E-state index contributed by atoms with van der Waals surface area (Å²) in [6, 6.07) is 13.6. The number of hydrogen-bond acceptors (Lipinski definition) is 2. The lowest BCUT2D eigenvalue weighted by molar-refractivity contribution is 0.469. The number of rotatable bonds is 4. The van der Waals surface area contributed by atoms with Crippen LogP contribution >= 0.6 is 27.3 Å². The van der Waals surface area contributed by atoms with Crippen molar-refractivity contribution in [1.29, 1.82) is 0 Å². The van der Waals surface area contributed by atoms with Crippen LogP contribution < -0.4 is 5.32 Å². The molecule has 0 bridgehead atoms. The van der Waals surface area contributed by atoms with Crippen LogP contribution in [0.4, 0.5) is 0 Å². The molecule has 1 unspecified atom stereocenters. The van der Waals surface area contributed by atoms with Crippen molar-refractivity contribution >= 4 is 27.3 Å². The molecule has 100 valence electrons. The van der Waals surface area contributed by atoms with E-state index in [9.17, 15) is 0 Å². The van der Waals surface area contributed by atoms with E-state index < -0.39 is 0 Å². The largest absolute Gasteiger partial charge is 0.312 e. The van der Waals surface area contributed by atoms with Crippen molar-refractivity contribution in [3.8, 4) is 0 Å². The van der Waals surface area contributed by atoms with Gasteiger partial charge in [0, 0.05) is 19.6 Å². The number of nitrogens with one attached hydrogen (secondary N) is 1. The fourth-order valence-corrected chi connectivity index (χ4v) is 5.11. The maximum Gasteiger partial charge on any atom is 0.0522 e. The Hall–Kier alpha value is -0.640. The summed E-state index contributed by atoms with van der Waals surface area (Å²) < 4.78 is 1.25. The molecule has 1 aromatic carbocycles. The first-order valence-electron chi connectivity index (χ1n) is 6.66. The third-order valence-corrected chi connectivity index (χ3v) is 6.11. The van der Waals surface area contributed by atoms with Crippen LogP contribution in [0.3, 0.4) is 0 Å². The van der Waals surface area contributed by atoms with Gasteiger partial charge in [0.25, 0.3) is 0 Å². The number of hydrogen-bond donors (Lipinski definition) is 1. The van der Waals surface area contributed by atoms with Crippen LogP contribution in [0.1, 0.15) is 34.2 Å². The van der Waals surface area contributed by atoms with E-state index in [1.54, 1.807) is 0 Å². The van der Waals surface area contributed by atoms with Gasteiger partial charge in [0.05, 0.1) is 6.04 Å². The highest BCUT2D eigenvalue weighted by Crippen LogP contribution is 2.58. The van der Waals surface area contributed by atoms with E-state index in [-0.39, 0.29) is 5.41 Å². The Morgan fingerprint density at radius 2 is 1.95 bits per heavy atom. The molecule has 3 heteroatoms. The molecular weight excluding hydrogens is 318 g/mol. The number of halogens is 1. The quantitative estimate of drug-likeness (QED) is 0.845. The van der Waals surface area contributed by atoms with Gasteiger partial charge < -0.3 is 5.32 Å². The summed E-state index contributed by atoms with van der Waals surface area (Å²) in [4.78, 5) is 2.80. The van der Waals surface area contributed by atoms with E-state index in [4.69, 9.17) is 0 Å². The molecule has 1 N–H and O–H groups in total. The maximum atomic E-state index is 3.72. The molecule has 1 aromatic heterocycles. The topological polar surface area (TPSA) is 12.0 Å². The molecule has 1 aliphatic carbocycles. The van der Waals surface area contributed by atoms with Crippen molar-refractivity contribution in [1.82, 2.24) is 5.32 Å². The summed E-state index contributed by atoms with van der Waals surface area (Å²) in [5.41, 5.74) is 1.75. The van der Waals surface area contributed by atoms with E-state index in [0.717, 1.165) is 0 Å². The third kappa shape index (κ3) is 2.28. The van der Waals surface area contributed by atoms with Gasteiger partial charge in [-0.3, -0.25) is 0 Å². The van der Waals surface area contributed by atoms with Crippen LogP contribution in [0.2, 0.25) is 0 Å². The molecule has 0 saturated heterocycles. The van der Waals surface area contributed by atoms with Gasteiger partial charge in [-0.05, 0) is 54.4 Å². The Bertz CT molecular complexity index is 572. The summed E-state index contributed by atoms with van der Waals surface area (Å²) in [6.07, 6.45) is 2.54. The van der Waals surface area contributed by atoms with Gasteiger partial charge in [0.15, 0.2) is 0 Å². The van der Waals surface area contributed by atoms with Crippen LogP contribution in [0.5, 0.6) is 0 Å². The maximum absolute atomic E-state index is 3.72. The Kier molecular flexibility index (Phi) is 3.54. The average molecular weight is 336 g/mol. The average Bonchev–Trinajstić information content (AvgIpc) is 3.14. The second-order valence-corrected chi connectivity index (χ2v) is 7.46. The van der Waals surface area contributed by atoms with Crippen LogP contribution in [0.25, 0.3) is 0 Å². The van der Waals surface area contributed by atoms with Crippen LogP contribution in [-0.4, -0.2) is 7.05 Å². The first kappa shape index (κ1) is 13.3. The molecular formula is C16H18BrNS. The third-order valence-electron chi connectivity index (χ3n) is 4.08. The predicted molar refractivity (Wildman–Crippen MR) is 85.9 cm³/mol. The second kappa shape index (κ2) is 5.04. The van der Waals surface area contributed by atoms with Crippen molar-refractivity contribution in [2.24, 2.45) is 0 Å². The molecule has 1 atom stereocenters. The Balaban J connectivity index is 2.02. The van der Waals surface area contributed by atoms with Gasteiger partial charge in [-0.1, -0.05) is 30.3 Å². The van der Waals surface area contributed by atoms with Crippen LogP contribution in [0.15, 0.2) is 40.9 Å². The molecule has 19 heavy (non-hydrogen) atoms. The van der Waals surface area contributed by atoms with Gasteiger partial charge in [0.2, 0.25) is 0 Å². The molecule has 1 heterocycles. The Morgan fingerprint density at radius 1 is 1.26 bits per heavy atom. The molecule has 1 saturated carbocycles. The summed E-state index contributed by atoms with van der Waals surface area (Å²) in [5, 5.41) is 3.55. The zero-order valence-corrected chi connectivity index (χ0v) is 13.6. The Morgan fingerprint density at radius 3 is 2.42 bits per heavy atom. The van der Waals surface area contributed by atoms with Gasteiger partial charge >= 0.3 is 0 Å². The smallest absolute Gasteiger partial charge is 0.0522 e. The first-order valence-corrected chi connectivity index (χ1v) is 8.27. The molecule has 2 aromatic rings. The molecule has 1 fully saturated rings. The lowest BCUT2D eigenvalue weighted by Crippen LogP contribution is -2.29. The summed E-state index contributed by atoms with van der Waals surface area (Å²) in [5.74, 6) is 0. The number of aryl methyl sites for hydroxylation is 1. The van der Waals surface area contributed by atoms with E-state index in [1.165, 1.54) is 32.6 Å². The summed E-state index contributed by atoms with van der Waals surface area (Å²) in [7, 11) is 2.08. The summed E-state index contributed by atoms with van der Waals surface area (Å²) >= 11 is 5.62. The standard InChI is InChI=1S/C16H18BrNS/c1-11-10-13(17)14(19-11)15(18-2)16(8-9-16)12-6-4-3-5-7-12/h3-7,10,15,18H,8-9H2,1-2H3.